The molecule has 1 heterocycles. The highest BCUT2D eigenvalue weighted by Crippen LogP contribution is 2.24. The molecule has 1 saturated heterocycles. The van der Waals surface area contributed by atoms with Crippen LogP contribution in [-0.4, -0.2) is 20.7 Å². The predicted molar refractivity (Wildman–Crippen MR) is 56.9 cm³/mol. The van der Waals surface area contributed by atoms with Crippen molar-refractivity contribution in [2.45, 2.75) is 6.42 Å². The van der Waals surface area contributed by atoms with E-state index in [9.17, 15) is 8.42 Å². The van der Waals surface area contributed by atoms with Crippen LogP contribution in [0.25, 0.3) is 0 Å². The third kappa shape index (κ3) is 1.81. The van der Waals surface area contributed by atoms with Crippen molar-refractivity contribution in [2.24, 2.45) is 0 Å². The molecule has 0 unspecified atom stereocenters. The molecule has 2 rings (SSSR count). The summed E-state index contributed by atoms with van der Waals surface area (Å²) in [5.41, 5.74) is 1.07. The van der Waals surface area contributed by atoms with Crippen molar-refractivity contribution < 1.29 is 8.42 Å². The Morgan fingerprint density at radius 2 is 2.20 bits per heavy atom. The van der Waals surface area contributed by atoms with Crippen molar-refractivity contribution in [2.75, 3.05) is 16.6 Å². The molecular formula is C10H10N2O2S. The van der Waals surface area contributed by atoms with Gasteiger partial charge in [-0.15, -0.1) is 0 Å². The van der Waals surface area contributed by atoms with E-state index in [2.05, 4.69) is 0 Å². The van der Waals surface area contributed by atoms with E-state index in [4.69, 9.17) is 5.26 Å². The number of anilines is 1. The zero-order valence-corrected chi connectivity index (χ0v) is 8.87. The molecule has 4 nitrogen and oxygen atoms in total. The van der Waals surface area contributed by atoms with Crippen LogP contribution in [0.3, 0.4) is 0 Å². The maximum Gasteiger partial charge on any atom is 0.235 e. The molecular weight excluding hydrogens is 212 g/mol. The Labute approximate surface area is 88.8 Å². The molecule has 1 aromatic carbocycles. The van der Waals surface area contributed by atoms with E-state index >= 15 is 0 Å². The molecule has 1 aliphatic heterocycles. The first-order valence-corrected chi connectivity index (χ1v) is 6.25. The molecule has 78 valence electrons. The minimum atomic E-state index is -3.14. The lowest BCUT2D eigenvalue weighted by Crippen LogP contribution is -2.24. The van der Waals surface area contributed by atoms with Crippen molar-refractivity contribution in [3.63, 3.8) is 0 Å². The smallest absolute Gasteiger partial charge is 0.235 e. The fourth-order valence-electron chi connectivity index (χ4n) is 1.66. The van der Waals surface area contributed by atoms with Crippen LogP contribution in [0.5, 0.6) is 0 Å². The van der Waals surface area contributed by atoms with Crippen LogP contribution in [0.2, 0.25) is 0 Å². The fourth-order valence-corrected chi connectivity index (χ4v) is 3.22. The molecule has 1 aromatic rings. The quantitative estimate of drug-likeness (QED) is 0.714. The number of nitriles is 1. The van der Waals surface area contributed by atoms with Gasteiger partial charge in [0.25, 0.3) is 0 Å². The lowest BCUT2D eigenvalue weighted by atomic mass is 10.2. The van der Waals surface area contributed by atoms with Crippen LogP contribution in [0, 0.1) is 11.3 Å². The van der Waals surface area contributed by atoms with E-state index in [0.717, 1.165) is 0 Å². The van der Waals surface area contributed by atoms with E-state index in [1.54, 1.807) is 24.3 Å². The highest BCUT2D eigenvalue weighted by Gasteiger charge is 2.28. The average molecular weight is 222 g/mol. The maximum atomic E-state index is 11.6. The largest absolute Gasteiger partial charge is 0.270 e. The average Bonchev–Trinajstić information content (AvgIpc) is 2.58. The number of hydrogen-bond acceptors (Lipinski definition) is 3. The van der Waals surface area contributed by atoms with Crippen molar-refractivity contribution in [1.29, 1.82) is 5.26 Å². The summed E-state index contributed by atoms with van der Waals surface area (Å²) < 4.78 is 24.6. The monoisotopic (exact) mass is 222 g/mol. The Bertz CT molecular complexity index is 516. The van der Waals surface area contributed by atoms with E-state index in [1.807, 2.05) is 6.07 Å². The fraction of sp³-hybridized carbons (Fsp3) is 0.300. The van der Waals surface area contributed by atoms with Gasteiger partial charge in [-0.1, -0.05) is 6.07 Å². The van der Waals surface area contributed by atoms with Crippen molar-refractivity contribution >= 4 is 15.7 Å². The summed E-state index contributed by atoms with van der Waals surface area (Å²) in [6.07, 6.45) is 0.652. The molecule has 0 atom stereocenters. The van der Waals surface area contributed by atoms with E-state index in [0.29, 0.717) is 24.2 Å². The summed E-state index contributed by atoms with van der Waals surface area (Å²) in [7, 11) is -3.14. The maximum absolute atomic E-state index is 11.6. The van der Waals surface area contributed by atoms with Crippen LogP contribution in [-0.2, 0) is 10.0 Å². The summed E-state index contributed by atoms with van der Waals surface area (Å²) in [6.45, 7) is 0.511. The van der Waals surface area contributed by atoms with Gasteiger partial charge >= 0.3 is 0 Å². The van der Waals surface area contributed by atoms with Gasteiger partial charge in [0.05, 0.1) is 23.1 Å². The third-order valence-corrected chi connectivity index (χ3v) is 4.23. The summed E-state index contributed by atoms with van der Waals surface area (Å²) >= 11 is 0. The van der Waals surface area contributed by atoms with Gasteiger partial charge in [-0.25, -0.2) is 8.42 Å². The molecule has 0 N–H and O–H groups in total. The van der Waals surface area contributed by atoms with Gasteiger partial charge in [-0.05, 0) is 24.6 Å². The molecule has 1 aliphatic rings. The summed E-state index contributed by atoms with van der Waals surface area (Å²) in [4.78, 5) is 0. The minimum absolute atomic E-state index is 0.198. The van der Waals surface area contributed by atoms with Gasteiger partial charge in [0, 0.05) is 6.54 Å². The zero-order chi connectivity index (χ0) is 10.9. The summed E-state index contributed by atoms with van der Waals surface area (Å²) in [5, 5.41) is 8.72. The highest BCUT2D eigenvalue weighted by atomic mass is 32.2. The second-order valence-electron chi connectivity index (χ2n) is 3.40. The molecule has 0 aliphatic carbocycles. The first kappa shape index (κ1) is 9.99. The molecule has 0 bridgehead atoms. The standard InChI is InChI=1S/C10H10N2O2S/c11-8-9-3-1-4-10(7-9)12-5-2-6-15(12,13)14/h1,3-4,7H,2,5-6H2. The Kier molecular flexibility index (Phi) is 2.37. The van der Waals surface area contributed by atoms with Crippen LogP contribution in [0.15, 0.2) is 24.3 Å². The van der Waals surface area contributed by atoms with Crippen LogP contribution in [0.4, 0.5) is 5.69 Å². The Morgan fingerprint density at radius 3 is 2.80 bits per heavy atom. The summed E-state index contributed by atoms with van der Waals surface area (Å²) in [5.74, 6) is 0.198. The molecule has 0 radical (unpaired) electrons. The van der Waals surface area contributed by atoms with Gasteiger partial charge in [0.1, 0.15) is 0 Å². The van der Waals surface area contributed by atoms with Gasteiger partial charge < -0.3 is 0 Å². The molecule has 0 spiro atoms. The SMILES string of the molecule is N#Cc1cccc(N2CCCS2(=O)=O)c1. The van der Waals surface area contributed by atoms with Crippen molar-refractivity contribution in [3.05, 3.63) is 29.8 Å². The van der Waals surface area contributed by atoms with E-state index in [-0.39, 0.29) is 5.75 Å². The third-order valence-electron chi connectivity index (χ3n) is 2.36. The summed E-state index contributed by atoms with van der Waals surface area (Å²) in [6, 6.07) is 8.66. The number of hydrogen-bond donors (Lipinski definition) is 0. The minimum Gasteiger partial charge on any atom is -0.270 e. The molecule has 0 saturated carbocycles. The molecule has 1 fully saturated rings. The number of rotatable bonds is 1. The first-order valence-electron chi connectivity index (χ1n) is 4.64. The highest BCUT2D eigenvalue weighted by molar-refractivity contribution is 7.93. The van der Waals surface area contributed by atoms with Crippen molar-refractivity contribution in [3.8, 4) is 6.07 Å². The molecule has 5 heteroatoms. The predicted octanol–water partition coefficient (Wildman–Crippen LogP) is 1.10. The topological polar surface area (TPSA) is 61.2 Å². The van der Waals surface area contributed by atoms with Gasteiger partial charge in [-0.2, -0.15) is 5.26 Å². The van der Waals surface area contributed by atoms with Gasteiger partial charge in [0.2, 0.25) is 10.0 Å². The molecule has 0 amide bonds. The van der Waals surface area contributed by atoms with Crippen LogP contribution < -0.4 is 4.31 Å². The first-order chi connectivity index (χ1) is 7.13. The van der Waals surface area contributed by atoms with Gasteiger partial charge in [-0.3, -0.25) is 4.31 Å². The Morgan fingerprint density at radius 1 is 1.40 bits per heavy atom. The Hall–Kier alpha value is -1.54. The van der Waals surface area contributed by atoms with E-state index < -0.39 is 10.0 Å². The number of nitrogens with zero attached hydrogens (tertiary/aromatic N) is 2. The lowest BCUT2D eigenvalue weighted by Gasteiger charge is -2.16. The lowest BCUT2D eigenvalue weighted by molar-refractivity contribution is 0.599. The van der Waals surface area contributed by atoms with Gasteiger partial charge in [0.15, 0.2) is 0 Å². The molecule has 15 heavy (non-hydrogen) atoms. The second kappa shape index (κ2) is 3.55. The Balaban J connectivity index is 2.43. The zero-order valence-electron chi connectivity index (χ0n) is 8.05. The second-order valence-corrected chi connectivity index (χ2v) is 5.42. The van der Waals surface area contributed by atoms with Crippen molar-refractivity contribution in [1.82, 2.24) is 0 Å². The normalized spacial score (nSPS) is 18.7. The van der Waals surface area contributed by atoms with Crippen LogP contribution in [0.1, 0.15) is 12.0 Å². The molecule has 0 aromatic heterocycles. The number of benzene rings is 1. The van der Waals surface area contributed by atoms with E-state index in [1.165, 1.54) is 4.31 Å². The number of sulfonamides is 1. The van der Waals surface area contributed by atoms with Crippen LogP contribution >= 0.6 is 0 Å².